The maximum Gasteiger partial charge on any atom is 0.0936 e. The van der Waals surface area contributed by atoms with Gasteiger partial charge in [-0.25, -0.2) is 4.68 Å². The van der Waals surface area contributed by atoms with Gasteiger partial charge < -0.3 is 9.47 Å². The summed E-state index contributed by atoms with van der Waals surface area (Å²) in [5.41, 5.74) is 4.58. The molecule has 23 heavy (non-hydrogen) atoms. The zero-order valence-corrected chi connectivity index (χ0v) is 14.2. The van der Waals surface area contributed by atoms with Crippen LogP contribution in [-0.4, -0.2) is 54.2 Å². The van der Waals surface area contributed by atoms with Crippen LogP contribution in [0.3, 0.4) is 0 Å². The van der Waals surface area contributed by atoms with Crippen LogP contribution in [0.15, 0.2) is 30.3 Å². The quantitative estimate of drug-likeness (QED) is 0.849. The highest BCUT2D eigenvalue weighted by Gasteiger charge is 2.16. The molecule has 5 nitrogen and oxygen atoms in total. The average molecular weight is 315 g/mol. The smallest absolute Gasteiger partial charge is 0.0936 e. The Morgan fingerprint density at radius 1 is 1.26 bits per heavy atom. The van der Waals surface area contributed by atoms with Gasteiger partial charge >= 0.3 is 0 Å². The highest BCUT2D eigenvalue weighted by molar-refractivity contribution is 5.37. The largest absolute Gasteiger partial charge is 0.376 e. The molecule has 5 heteroatoms. The fourth-order valence-electron chi connectivity index (χ4n) is 3.04. The molecule has 1 aliphatic rings. The summed E-state index contributed by atoms with van der Waals surface area (Å²) >= 11 is 0. The molecule has 1 fully saturated rings. The molecule has 1 saturated heterocycles. The van der Waals surface area contributed by atoms with E-state index in [0.29, 0.717) is 19.8 Å². The van der Waals surface area contributed by atoms with Crippen molar-refractivity contribution in [3.8, 4) is 5.69 Å². The van der Waals surface area contributed by atoms with E-state index in [1.54, 1.807) is 0 Å². The third-order valence-electron chi connectivity index (χ3n) is 4.02. The van der Waals surface area contributed by atoms with Crippen molar-refractivity contribution in [2.75, 3.05) is 33.4 Å². The maximum absolute atomic E-state index is 5.72. The summed E-state index contributed by atoms with van der Waals surface area (Å²) in [5.74, 6) is 0. The Balaban J connectivity index is 1.66. The van der Waals surface area contributed by atoms with Gasteiger partial charge in [0.15, 0.2) is 0 Å². The van der Waals surface area contributed by atoms with Crippen LogP contribution in [0.4, 0.5) is 0 Å². The lowest BCUT2D eigenvalue weighted by atomic mass is 10.2. The molecule has 0 aliphatic carbocycles. The third-order valence-corrected chi connectivity index (χ3v) is 4.02. The number of aromatic nitrogens is 2. The van der Waals surface area contributed by atoms with Gasteiger partial charge in [0.1, 0.15) is 0 Å². The first kappa shape index (κ1) is 16.2. The Hall–Kier alpha value is -1.69. The van der Waals surface area contributed by atoms with Crippen LogP contribution >= 0.6 is 0 Å². The Morgan fingerprint density at radius 3 is 2.83 bits per heavy atom. The van der Waals surface area contributed by atoms with Gasteiger partial charge in [-0.05, 0) is 44.7 Å². The van der Waals surface area contributed by atoms with E-state index in [-0.39, 0.29) is 6.10 Å². The van der Waals surface area contributed by atoms with E-state index in [1.165, 1.54) is 5.56 Å². The molecule has 2 heterocycles. The predicted octanol–water partition coefficient (Wildman–Crippen LogP) is 2.34. The minimum absolute atomic E-state index is 0.174. The Kier molecular flexibility index (Phi) is 5.10. The molecule has 1 aliphatic heterocycles. The molecule has 1 aromatic heterocycles. The fourth-order valence-corrected chi connectivity index (χ4v) is 3.04. The van der Waals surface area contributed by atoms with Gasteiger partial charge in [-0.15, -0.1) is 0 Å². The molecule has 0 N–H and O–H groups in total. The number of hydrogen-bond donors (Lipinski definition) is 0. The summed E-state index contributed by atoms with van der Waals surface area (Å²) in [6.45, 7) is 7.97. The van der Waals surface area contributed by atoms with Crippen LogP contribution < -0.4 is 0 Å². The molecule has 1 atom stereocenters. The number of hydrogen-bond acceptors (Lipinski definition) is 4. The molecule has 124 valence electrons. The second-order valence-corrected chi connectivity index (χ2v) is 6.27. The van der Waals surface area contributed by atoms with E-state index in [9.17, 15) is 0 Å². The summed E-state index contributed by atoms with van der Waals surface area (Å²) in [6.07, 6.45) is 0.174. The van der Waals surface area contributed by atoms with Crippen molar-refractivity contribution in [2.45, 2.75) is 26.5 Å². The summed E-state index contributed by atoms with van der Waals surface area (Å²) in [4.78, 5) is 2.28. The van der Waals surface area contributed by atoms with Crippen molar-refractivity contribution >= 4 is 0 Å². The number of benzene rings is 1. The van der Waals surface area contributed by atoms with E-state index in [2.05, 4.69) is 54.3 Å². The number of ether oxygens (including phenoxy) is 2. The number of likely N-dealkylation sites (N-methyl/N-ethyl adjacent to an activating group) is 1. The molecule has 0 spiro atoms. The molecule has 1 aromatic carbocycles. The molecule has 3 rings (SSSR count). The van der Waals surface area contributed by atoms with Crippen molar-refractivity contribution in [3.05, 3.63) is 47.3 Å². The van der Waals surface area contributed by atoms with E-state index < -0.39 is 0 Å². The van der Waals surface area contributed by atoms with Crippen molar-refractivity contribution in [1.82, 2.24) is 14.7 Å². The highest BCUT2D eigenvalue weighted by Crippen LogP contribution is 2.15. The molecular weight excluding hydrogens is 290 g/mol. The summed E-state index contributed by atoms with van der Waals surface area (Å²) in [7, 11) is 2.12. The second kappa shape index (κ2) is 7.25. The standard InChI is InChI=1S/C18H25N3O2/c1-14-9-15(2)21(19-14)17-6-4-5-16(10-17)11-20(3)12-18-13-22-7-8-23-18/h4-6,9-10,18H,7-8,11-13H2,1-3H3/t18-/m0/s1. The molecular formula is C18H25N3O2. The molecule has 0 unspecified atom stereocenters. The lowest BCUT2D eigenvalue weighted by molar-refractivity contribution is -0.0962. The Labute approximate surface area is 137 Å². The summed E-state index contributed by atoms with van der Waals surface area (Å²) in [6, 6.07) is 10.6. The molecule has 2 aromatic rings. The van der Waals surface area contributed by atoms with Crippen LogP contribution in [0, 0.1) is 13.8 Å². The minimum atomic E-state index is 0.174. The van der Waals surface area contributed by atoms with Crippen molar-refractivity contribution in [1.29, 1.82) is 0 Å². The highest BCUT2D eigenvalue weighted by atomic mass is 16.6. The van der Waals surface area contributed by atoms with Gasteiger partial charge in [0.2, 0.25) is 0 Å². The van der Waals surface area contributed by atoms with Gasteiger partial charge in [-0.2, -0.15) is 5.10 Å². The van der Waals surface area contributed by atoms with Crippen molar-refractivity contribution in [2.24, 2.45) is 0 Å². The Bertz CT molecular complexity index is 647. The normalized spacial score (nSPS) is 18.5. The van der Waals surface area contributed by atoms with E-state index in [1.807, 2.05) is 11.6 Å². The van der Waals surface area contributed by atoms with Crippen LogP contribution in [0.2, 0.25) is 0 Å². The van der Waals surface area contributed by atoms with Gasteiger partial charge in [-0.1, -0.05) is 12.1 Å². The molecule has 0 saturated carbocycles. The van der Waals surface area contributed by atoms with Crippen LogP contribution in [0.1, 0.15) is 17.0 Å². The number of rotatable bonds is 5. The van der Waals surface area contributed by atoms with Gasteiger partial charge in [0.25, 0.3) is 0 Å². The second-order valence-electron chi connectivity index (χ2n) is 6.27. The summed E-state index contributed by atoms with van der Waals surface area (Å²) in [5, 5.41) is 4.56. The van der Waals surface area contributed by atoms with E-state index >= 15 is 0 Å². The van der Waals surface area contributed by atoms with Gasteiger partial charge in [0.05, 0.1) is 37.3 Å². The molecule has 0 bridgehead atoms. The van der Waals surface area contributed by atoms with Crippen LogP contribution in [0.25, 0.3) is 5.69 Å². The first-order valence-corrected chi connectivity index (χ1v) is 8.12. The third kappa shape index (κ3) is 4.19. The minimum Gasteiger partial charge on any atom is -0.376 e. The zero-order chi connectivity index (χ0) is 16.2. The molecule has 0 amide bonds. The average Bonchev–Trinajstić information content (AvgIpc) is 2.87. The lowest BCUT2D eigenvalue weighted by Gasteiger charge is -2.27. The number of aryl methyl sites for hydroxylation is 2. The van der Waals surface area contributed by atoms with E-state index in [0.717, 1.165) is 30.2 Å². The maximum atomic E-state index is 5.72. The van der Waals surface area contributed by atoms with Gasteiger partial charge in [-0.3, -0.25) is 4.90 Å². The Morgan fingerprint density at radius 2 is 2.13 bits per heavy atom. The zero-order valence-electron chi connectivity index (χ0n) is 14.2. The predicted molar refractivity (Wildman–Crippen MR) is 89.9 cm³/mol. The monoisotopic (exact) mass is 315 g/mol. The van der Waals surface area contributed by atoms with E-state index in [4.69, 9.17) is 9.47 Å². The SMILES string of the molecule is Cc1cc(C)n(-c2cccc(CN(C)C[C@H]3COCCO3)c2)n1. The van der Waals surface area contributed by atoms with Crippen LogP contribution in [-0.2, 0) is 16.0 Å². The first-order chi connectivity index (χ1) is 11.1. The first-order valence-electron chi connectivity index (χ1n) is 8.12. The van der Waals surface area contributed by atoms with Crippen molar-refractivity contribution < 1.29 is 9.47 Å². The van der Waals surface area contributed by atoms with Crippen molar-refractivity contribution in [3.63, 3.8) is 0 Å². The molecule has 0 radical (unpaired) electrons. The topological polar surface area (TPSA) is 39.5 Å². The lowest BCUT2D eigenvalue weighted by Crippen LogP contribution is -2.38. The summed E-state index contributed by atoms with van der Waals surface area (Å²) < 4.78 is 13.2. The number of nitrogens with zero attached hydrogens (tertiary/aromatic N) is 3. The van der Waals surface area contributed by atoms with Crippen LogP contribution in [0.5, 0.6) is 0 Å². The van der Waals surface area contributed by atoms with Gasteiger partial charge in [0, 0.05) is 18.8 Å². The fraction of sp³-hybridized carbons (Fsp3) is 0.500.